The number of carbonyl (C=O) groups is 3. The van der Waals surface area contributed by atoms with Gasteiger partial charge in [0.25, 0.3) is 0 Å². The van der Waals surface area contributed by atoms with Gasteiger partial charge in [-0.05, 0) is 95.8 Å². The van der Waals surface area contributed by atoms with Crippen molar-refractivity contribution in [3.8, 4) is 11.1 Å². The van der Waals surface area contributed by atoms with Crippen LogP contribution in [0.2, 0.25) is 5.02 Å². The molecule has 12 heteroatoms. The van der Waals surface area contributed by atoms with Crippen LogP contribution in [0.1, 0.15) is 70.8 Å². The molecule has 4 rings (SSSR count). The van der Waals surface area contributed by atoms with E-state index < -0.39 is 45.7 Å². The Kier molecular flexibility index (Phi) is 11.0. The fraction of sp³-hybridized carbons (Fsp3) is 0.371. The number of aromatic nitrogens is 2. The van der Waals surface area contributed by atoms with Gasteiger partial charge in [0.05, 0.1) is 27.6 Å². The Bertz CT molecular complexity index is 1800. The number of benzene rings is 2. The molecular formula is C35H38ClF2N3O5S. The predicted octanol–water partition coefficient (Wildman–Crippen LogP) is 8.82. The molecule has 2 aromatic carbocycles. The van der Waals surface area contributed by atoms with E-state index in [9.17, 15) is 14.4 Å². The summed E-state index contributed by atoms with van der Waals surface area (Å²) in [6, 6.07) is 10.9. The summed E-state index contributed by atoms with van der Waals surface area (Å²) in [6.45, 7) is 11.6. The number of hydrogen-bond acceptors (Lipinski definition) is 8. The quantitative estimate of drug-likeness (QED) is 0.0670. The lowest BCUT2D eigenvalue weighted by Crippen LogP contribution is -2.29. The van der Waals surface area contributed by atoms with Crippen LogP contribution in [-0.2, 0) is 25.8 Å². The van der Waals surface area contributed by atoms with Gasteiger partial charge in [-0.25, -0.2) is 13.8 Å². The molecule has 0 N–H and O–H groups in total. The first-order chi connectivity index (χ1) is 22.0. The molecule has 4 aromatic rings. The summed E-state index contributed by atoms with van der Waals surface area (Å²) >= 11 is 7.26. The summed E-state index contributed by atoms with van der Waals surface area (Å²) in [6.07, 6.45) is 3.69. The first-order valence-electron chi connectivity index (χ1n) is 15.0. The van der Waals surface area contributed by atoms with Crippen molar-refractivity contribution in [3.63, 3.8) is 0 Å². The number of rotatable bonds is 11. The third-order valence-corrected chi connectivity index (χ3v) is 8.48. The summed E-state index contributed by atoms with van der Waals surface area (Å²) in [5.74, 6) is -3.53. The van der Waals surface area contributed by atoms with E-state index in [1.807, 2.05) is 6.92 Å². The number of pyridine rings is 1. The van der Waals surface area contributed by atoms with Crippen LogP contribution in [0.3, 0.4) is 0 Å². The minimum Gasteiger partial charge on any atom is -0.443 e. The van der Waals surface area contributed by atoms with Gasteiger partial charge in [0.15, 0.2) is 19.3 Å². The lowest BCUT2D eigenvalue weighted by atomic mass is 9.97. The van der Waals surface area contributed by atoms with E-state index in [0.717, 1.165) is 18.1 Å². The Morgan fingerprint density at radius 2 is 1.57 bits per heavy atom. The van der Waals surface area contributed by atoms with E-state index in [1.165, 1.54) is 33.1 Å². The largest absolute Gasteiger partial charge is 0.443 e. The molecule has 0 radical (unpaired) electrons. The lowest BCUT2D eigenvalue weighted by molar-refractivity contribution is -0.156. The van der Waals surface area contributed by atoms with Gasteiger partial charge in [0.1, 0.15) is 11.5 Å². The van der Waals surface area contributed by atoms with Crippen LogP contribution in [0.25, 0.3) is 22.2 Å². The topological polar surface area (TPSA) is 90.7 Å². The molecule has 2 aromatic heterocycles. The number of esters is 2. The van der Waals surface area contributed by atoms with Crippen LogP contribution in [0.15, 0.2) is 54.9 Å². The van der Waals surface area contributed by atoms with Crippen LogP contribution in [-0.4, -0.2) is 39.8 Å². The van der Waals surface area contributed by atoms with Crippen LogP contribution in [0.5, 0.6) is 0 Å². The standard InChI is InChI=1S/C35H38ClF2N3O5S/c1-8-15-47-41(20-46-33(44)35(5,6)7)27-14-13-26(37)28(29(27)38)30(42)25-18-40(19-45-32(43)34(2,3)4)31-24(25)16-22(17-39-31)21-9-11-23(36)12-10-21/h9-14,16-18H,8,15,19-20H2,1-7H3. The molecule has 0 fully saturated rings. The molecule has 0 atom stereocenters. The molecule has 0 bridgehead atoms. The van der Waals surface area contributed by atoms with Crippen molar-refractivity contribution >= 4 is 58.0 Å². The zero-order valence-corrected chi connectivity index (χ0v) is 29.0. The van der Waals surface area contributed by atoms with E-state index in [4.69, 9.17) is 21.1 Å². The molecule has 0 aliphatic rings. The summed E-state index contributed by atoms with van der Waals surface area (Å²) in [5, 5.41) is 0.838. The predicted molar refractivity (Wildman–Crippen MR) is 181 cm³/mol. The molecule has 250 valence electrons. The van der Waals surface area contributed by atoms with Crippen molar-refractivity contribution in [3.05, 3.63) is 82.6 Å². The third-order valence-electron chi connectivity index (χ3n) is 7.03. The maximum Gasteiger partial charge on any atom is 0.312 e. The smallest absolute Gasteiger partial charge is 0.312 e. The highest BCUT2D eigenvalue weighted by Crippen LogP contribution is 2.34. The fourth-order valence-corrected chi connectivity index (χ4v) is 5.32. The van der Waals surface area contributed by atoms with Gasteiger partial charge < -0.3 is 9.47 Å². The molecule has 0 aliphatic carbocycles. The van der Waals surface area contributed by atoms with Gasteiger partial charge in [0.2, 0.25) is 5.78 Å². The van der Waals surface area contributed by atoms with Gasteiger partial charge in [-0.3, -0.25) is 23.3 Å². The second kappa shape index (κ2) is 14.4. The van der Waals surface area contributed by atoms with Crippen molar-refractivity contribution in [1.82, 2.24) is 9.55 Å². The van der Waals surface area contributed by atoms with Crippen LogP contribution in [0.4, 0.5) is 14.5 Å². The van der Waals surface area contributed by atoms with Crippen molar-refractivity contribution < 1.29 is 32.6 Å². The molecule has 0 unspecified atom stereocenters. The molecule has 0 amide bonds. The highest BCUT2D eigenvalue weighted by atomic mass is 35.5. The van der Waals surface area contributed by atoms with Gasteiger partial charge in [-0.15, -0.1) is 0 Å². The number of ether oxygens (including phenoxy) is 2. The summed E-state index contributed by atoms with van der Waals surface area (Å²) in [4.78, 5) is 43.7. The average molecular weight is 686 g/mol. The Hall–Kier alpha value is -3.96. The van der Waals surface area contributed by atoms with Gasteiger partial charge in [-0.1, -0.05) is 30.7 Å². The summed E-state index contributed by atoms with van der Waals surface area (Å²) in [7, 11) is 0. The maximum absolute atomic E-state index is 16.3. The number of anilines is 1. The Labute approximate surface area is 282 Å². The van der Waals surface area contributed by atoms with Gasteiger partial charge in [-0.2, -0.15) is 0 Å². The fourth-order valence-electron chi connectivity index (χ4n) is 4.38. The van der Waals surface area contributed by atoms with Gasteiger partial charge in [0, 0.05) is 34.1 Å². The second-order valence-corrected chi connectivity index (χ2v) is 14.6. The third kappa shape index (κ3) is 8.31. The number of nitrogens with zero attached hydrogens (tertiary/aromatic N) is 3. The number of hydrogen-bond donors (Lipinski definition) is 0. The molecule has 2 heterocycles. The summed E-state index contributed by atoms with van der Waals surface area (Å²) in [5.41, 5.74) is -0.861. The van der Waals surface area contributed by atoms with Gasteiger partial charge >= 0.3 is 11.9 Å². The van der Waals surface area contributed by atoms with E-state index in [1.54, 1.807) is 78.1 Å². The number of ketones is 1. The molecule has 0 saturated carbocycles. The van der Waals surface area contributed by atoms with Crippen LogP contribution in [0, 0.1) is 22.5 Å². The molecule has 0 saturated heterocycles. The minimum absolute atomic E-state index is 0.0445. The zero-order chi connectivity index (χ0) is 34.7. The second-order valence-electron chi connectivity index (χ2n) is 13.0. The maximum atomic E-state index is 16.3. The SMILES string of the molecule is CCCSN(COC(=O)C(C)(C)C)c1ccc(F)c(C(=O)c2cn(COC(=O)C(C)(C)C)c3ncc(-c4ccc(Cl)cc4)cc23)c1F. The average Bonchev–Trinajstić information content (AvgIpc) is 3.37. The first-order valence-corrected chi connectivity index (χ1v) is 16.4. The Balaban J connectivity index is 1.82. The number of halogens is 3. The molecular weight excluding hydrogens is 648 g/mol. The van der Waals surface area contributed by atoms with Crippen molar-refractivity contribution in [1.29, 1.82) is 0 Å². The molecule has 8 nitrogen and oxygen atoms in total. The monoisotopic (exact) mass is 685 g/mol. The van der Waals surface area contributed by atoms with Crippen LogP contribution >= 0.6 is 23.5 Å². The number of fused-ring (bicyclic) bond motifs is 1. The van der Waals surface area contributed by atoms with Crippen molar-refractivity contribution in [2.75, 3.05) is 16.8 Å². The van der Waals surface area contributed by atoms with E-state index in [-0.39, 0.29) is 30.4 Å². The first kappa shape index (κ1) is 35.9. The van der Waals surface area contributed by atoms with E-state index in [2.05, 4.69) is 4.98 Å². The van der Waals surface area contributed by atoms with E-state index >= 15 is 8.78 Å². The minimum atomic E-state index is -1.10. The molecule has 0 aliphatic heterocycles. The molecule has 0 spiro atoms. The van der Waals surface area contributed by atoms with Crippen molar-refractivity contribution in [2.45, 2.75) is 61.6 Å². The highest BCUT2D eigenvalue weighted by molar-refractivity contribution is 8.00. The van der Waals surface area contributed by atoms with Crippen molar-refractivity contribution in [2.24, 2.45) is 10.8 Å². The van der Waals surface area contributed by atoms with Crippen LogP contribution < -0.4 is 4.31 Å². The Morgan fingerprint density at radius 1 is 0.936 bits per heavy atom. The lowest BCUT2D eigenvalue weighted by Gasteiger charge is -2.26. The highest BCUT2D eigenvalue weighted by Gasteiger charge is 2.30. The normalized spacial score (nSPS) is 11.9. The van der Waals surface area contributed by atoms with E-state index in [0.29, 0.717) is 21.7 Å². The zero-order valence-electron chi connectivity index (χ0n) is 27.4. The Morgan fingerprint density at radius 3 is 2.19 bits per heavy atom. The molecule has 47 heavy (non-hydrogen) atoms. The summed E-state index contributed by atoms with van der Waals surface area (Å²) < 4.78 is 45.6. The number of carbonyl (C=O) groups excluding carboxylic acids is 3.